The maximum atomic E-state index is 13.2. The number of piperidine rings is 1. The van der Waals surface area contributed by atoms with Crippen LogP contribution in [0.5, 0.6) is 11.5 Å². The standard InChI is InChI=1S/C24H24ClN3O5S/c25-18-3-5-20(6-4-18)33-21-7-9-22(10-8-21)34(31,32)17-24(23(29)27-30)11-14-28(15-12-24)19-2-1-13-26-16-19/h1-10,13,16,30H,11-12,14-15,17H2,(H,27,29). The molecule has 3 aromatic rings. The van der Waals surface area contributed by atoms with Crippen molar-refractivity contribution in [3.63, 3.8) is 0 Å². The van der Waals surface area contributed by atoms with Gasteiger partial charge in [0.05, 0.1) is 27.9 Å². The smallest absolute Gasteiger partial charge is 0.250 e. The molecule has 0 atom stereocenters. The number of hydrogen-bond acceptors (Lipinski definition) is 7. The second kappa shape index (κ2) is 10.0. The summed E-state index contributed by atoms with van der Waals surface area (Å²) in [4.78, 5) is 18.9. The zero-order valence-electron chi connectivity index (χ0n) is 18.2. The normalized spacial score (nSPS) is 15.5. The Labute approximate surface area is 203 Å². The van der Waals surface area contributed by atoms with E-state index in [1.165, 1.54) is 12.1 Å². The number of hydrogen-bond donors (Lipinski definition) is 2. The molecular formula is C24H24ClN3O5S. The highest BCUT2D eigenvalue weighted by Crippen LogP contribution is 2.37. The minimum Gasteiger partial charge on any atom is -0.457 e. The van der Waals surface area contributed by atoms with Gasteiger partial charge in [0.1, 0.15) is 11.5 Å². The fraction of sp³-hybridized carbons (Fsp3) is 0.250. The van der Waals surface area contributed by atoms with Crippen LogP contribution in [0.15, 0.2) is 78.0 Å². The molecule has 34 heavy (non-hydrogen) atoms. The van der Waals surface area contributed by atoms with Crippen molar-refractivity contribution in [2.75, 3.05) is 23.7 Å². The number of anilines is 1. The number of amides is 1. The van der Waals surface area contributed by atoms with E-state index in [9.17, 15) is 18.4 Å². The van der Waals surface area contributed by atoms with Crippen LogP contribution < -0.4 is 15.1 Å². The Kier molecular flexibility index (Phi) is 7.06. The Morgan fingerprint density at radius 3 is 2.24 bits per heavy atom. The Bertz CT molecular complexity index is 1230. The highest BCUT2D eigenvalue weighted by molar-refractivity contribution is 7.91. The average molecular weight is 502 g/mol. The molecule has 2 aromatic carbocycles. The molecule has 1 saturated heterocycles. The van der Waals surface area contributed by atoms with Crippen molar-refractivity contribution in [2.45, 2.75) is 17.7 Å². The minimum absolute atomic E-state index is 0.0794. The number of hydroxylamine groups is 1. The Hall–Kier alpha value is -3.14. The number of benzene rings is 2. The lowest BCUT2D eigenvalue weighted by molar-refractivity contribution is -0.139. The van der Waals surface area contributed by atoms with Gasteiger partial charge in [-0.15, -0.1) is 0 Å². The van der Waals surface area contributed by atoms with Gasteiger partial charge in [-0.1, -0.05) is 11.6 Å². The number of aromatic nitrogens is 1. The van der Waals surface area contributed by atoms with Crippen LogP contribution in [0.25, 0.3) is 0 Å². The molecule has 1 fully saturated rings. The molecule has 1 aliphatic rings. The number of rotatable bonds is 7. The number of ether oxygens (including phenoxy) is 1. The summed E-state index contributed by atoms with van der Waals surface area (Å²) in [5.74, 6) is -0.0672. The predicted octanol–water partition coefficient (Wildman–Crippen LogP) is 4.09. The summed E-state index contributed by atoms with van der Waals surface area (Å²) >= 11 is 5.88. The summed E-state index contributed by atoms with van der Waals surface area (Å²) in [5.41, 5.74) is 1.34. The maximum absolute atomic E-state index is 13.2. The molecule has 2 heterocycles. The molecule has 178 valence electrons. The van der Waals surface area contributed by atoms with Crippen LogP contribution in [0.4, 0.5) is 5.69 Å². The van der Waals surface area contributed by atoms with Crippen molar-refractivity contribution >= 4 is 33.0 Å². The molecule has 0 radical (unpaired) electrons. The molecule has 0 saturated carbocycles. The Morgan fingerprint density at radius 2 is 1.68 bits per heavy atom. The van der Waals surface area contributed by atoms with Crippen LogP contribution in [0, 0.1) is 5.41 Å². The van der Waals surface area contributed by atoms with Crippen molar-refractivity contribution in [3.8, 4) is 11.5 Å². The zero-order valence-corrected chi connectivity index (χ0v) is 19.8. The molecule has 0 unspecified atom stereocenters. The summed E-state index contributed by atoms with van der Waals surface area (Å²) in [6.45, 7) is 0.922. The average Bonchev–Trinajstić information content (AvgIpc) is 2.86. The lowest BCUT2D eigenvalue weighted by Gasteiger charge is -2.40. The summed E-state index contributed by atoms with van der Waals surface area (Å²) in [6, 6.07) is 16.6. The van der Waals surface area contributed by atoms with E-state index in [1.54, 1.807) is 54.3 Å². The third kappa shape index (κ3) is 5.32. The number of sulfone groups is 1. The quantitative estimate of drug-likeness (QED) is 0.370. The van der Waals surface area contributed by atoms with Crippen LogP contribution in [-0.4, -0.2) is 43.4 Å². The highest BCUT2D eigenvalue weighted by atomic mass is 35.5. The molecule has 1 aromatic heterocycles. The molecule has 10 heteroatoms. The van der Waals surface area contributed by atoms with E-state index in [-0.39, 0.29) is 17.7 Å². The fourth-order valence-electron chi connectivity index (χ4n) is 4.09. The van der Waals surface area contributed by atoms with Crippen molar-refractivity contribution in [1.82, 2.24) is 10.5 Å². The first-order valence-corrected chi connectivity index (χ1v) is 12.7. The van der Waals surface area contributed by atoms with E-state index in [4.69, 9.17) is 16.3 Å². The minimum atomic E-state index is -3.83. The molecular weight excluding hydrogens is 478 g/mol. The van der Waals surface area contributed by atoms with Gasteiger partial charge in [0.2, 0.25) is 0 Å². The second-order valence-corrected chi connectivity index (χ2v) is 10.6. The first kappa shape index (κ1) is 24.0. The van der Waals surface area contributed by atoms with Crippen LogP contribution in [0.1, 0.15) is 12.8 Å². The first-order chi connectivity index (χ1) is 16.3. The van der Waals surface area contributed by atoms with Gasteiger partial charge in [0.15, 0.2) is 9.84 Å². The Morgan fingerprint density at radius 1 is 1.06 bits per heavy atom. The van der Waals surface area contributed by atoms with E-state index in [1.807, 2.05) is 17.0 Å². The summed E-state index contributed by atoms with van der Waals surface area (Å²) < 4.78 is 32.2. The lowest BCUT2D eigenvalue weighted by atomic mass is 9.79. The van der Waals surface area contributed by atoms with Gasteiger partial charge in [0, 0.05) is 24.3 Å². The molecule has 1 amide bonds. The van der Waals surface area contributed by atoms with Crippen molar-refractivity contribution < 1.29 is 23.2 Å². The number of carbonyl (C=O) groups excluding carboxylic acids is 1. The predicted molar refractivity (Wildman–Crippen MR) is 128 cm³/mol. The summed E-state index contributed by atoms with van der Waals surface area (Å²) in [7, 11) is -3.83. The van der Waals surface area contributed by atoms with E-state index >= 15 is 0 Å². The third-order valence-corrected chi connectivity index (χ3v) is 8.19. The zero-order chi connectivity index (χ0) is 24.2. The first-order valence-electron chi connectivity index (χ1n) is 10.7. The molecule has 0 spiro atoms. The van der Waals surface area contributed by atoms with Gasteiger partial charge in [-0.3, -0.25) is 15.0 Å². The van der Waals surface area contributed by atoms with Crippen molar-refractivity contribution in [3.05, 3.63) is 78.1 Å². The van der Waals surface area contributed by atoms with Crippen LogP contribution in [0.3, 0.4) is 0 Å². The van der Waals surface area contributed by atoms with Gasteiger partial charge in [-0.25, -0.2) is 13.9 Å². The fourth-order valence-corrected chi connectivity index (χ4v) is 6.08. The van der Waals surface area contributed by atoms with E-state index in [2.05, 4.69) is 4.98 Å². The SMILES string of the molecule is O=C(NO)C1(CS(=O)(=O)c2ccc(Oc3ccc(Cl)cc3)cc2)CCN(c2cccnc2)CC1. The third-order valence-electron chi connectivity index (χ3n) is 6.01. The van der Waals surface area contributed by atoms with Gasteiger partial charge < -0.3 is 9.64 Å². The van der Waals surface area contributed by atoms with Gasteiger partial charge >= 0.3 is 0 Å². The Balaban J connectivity index is 1.49. The molecule has 1 aliphatic heterocycles. The van der Waals surface area contributed by atoms with E-state index in [0.717, 1.165) is 5.69 Å². The molecule has 8 nitrogen and oxygen atoms in total. The number of halogens is 1. The highest BCUT2D eigenvalue weighted by Gasteiger charge is 2.45. The van der Waals surface area contributed by atoms with Gasteiger partial charge in [-0.2, -0.15) is 0 Å². The van der Waals surface area contributed by atoms with Crippen molar-refractivity contribution in [2.24, 2.45) is 5.41 Å². The molecule has 0 bridgehead atoms. The monoisotopic (exact) mass is 501 g/mol. The van der Waals surface area contributed by atoms with Crippen LogP contribution >= 0.6 is 11.6 Å². The topological polar surface area (TPSA) is 109 Å². The lowest BCUT2D eigenvalue weighted by Crippen LogP contribution is -2.51. The summed E-state index contributed by atoms with van der Waals surface area (Å²) in [6.07, 6.45) is 3.94. The van der Waals surface area contributed by atoms with Crippen molar-refractivity contribution in [1.29, 1.82) is 0 Å². The van der Waals surface area contributed by atoms with Crippen LogP contribution in [0.2, 0.25) is 5.02 Å². The molecule has 4 rings (SSSR count). The van der Waals surface area contributed by atoms with E-state index < -0.39 is 26.9 Å². The number of pyridine rings is 1. The maximum Gasteiger partial charge on any atom is 0.250 e. The summed E-state index contributed by atoms with van der Waals surface area (Å²) in [5, 5.41) is 9.94. The number of nitrogens with one attached hydrogen (secondary N) is 1. The van der Waals surface area contributed by atoms with Gasteiger partial charge in [0.25, 0.3) is 5.91 Å². The molecule has 2 N–H and O–H groups in total. The molecule has 0 aliphatic carbocycles. The number of carbonyl (C=O) groups is 1. The number of nitrogens with zero attached hydrogens (tertiary/aromatic N) is 2. The van der Waals surface area contributed by atoms with Crippen LogP contribution in [-0.2, 0) is 14.6 Å². The largest absolute Gasteiger partial charge is 0.457 e. The van der Waals surface area contributed by atoms with E-state index in [0.29, 0.717) is 29.6 Å². The van der Waals surface area contributed by atoms with Gasteiger partial charge in [-0.05, 0) is 73.5 Å². The second-order valence-electron chi connectivity index (χ2n) is 8.21.